The van der Waals surface area contributed by atoms with Crippen LogP contribution in [0.2, 0.25) is 0 Å². The molecule has 1 rings (SSSR count). The normalized spacial score (nSPS) is 20.0. The Bertz CT molecular complexity index is 1300. The van der Waals surface area contributed by atoms with Crippen LogP contribution in [-0.4, -0.2) is 110 Å². The number of nitrogens with one attached hydrogen (secondary N) is 1. The summed E-state index contributed by atoms with van der Waals surface area (Å²) >= 11 is 0. The molecule has 1 heterocycles. The summed E-state index contributed by atoms with van der Waals surface area (Å²) in [5.74, 6) is -0.708. The fraction of sp³-hybridized carbons (Fsp3) is 0.889. The van der Waals surface area contributed by atoms with Gasteiger partial charge in [-0.1, -0.05) is 262 Å². The van der Waals surface area contributed by atoms with Gasteiger partial charge < -0.3 is 50.5 Å². The van der Waals surface area contributed by atoms with Gasteiger partial charge >= 0.3 is 0 Å². The zero-order valence-electron chi connectivity index (χ0n) is 47.8. The van der Waals surface area contributed by atoms with E-state index in [-0.39, 0.29) is 12.8 Å². The van der Waals surface area contributed by atoms with Crippen molar-refractivity contribution in [3.8, 4) is 0 Å². The topological polar surface area (TPSA) is 189 Å². The summed E-state index contributed by atoms with van der Waals surface area (Å²) < 4.78 is 11.1. The highest BCUT2D eigenvalue weighted by Crippen LogP contribution is 2.23. The smallest absolute Gasteiger partial charge is 0.249 e. The second-order valence-corrected chi connectivity index (χ2v) is 22.1. The van der Waals surface area contributed by atoms with E-state index >= 15 is 0 Å². The van der Waals surface area contributed by atoms with Crippen LogP contribution in [0, 0.1) is 0 Å². The van der Waals surface area contributed by atoms with Crippen LogP contribution in [0.25, 0.3) is 0 Å². The van der Waals surface area contributed by atoms with Gasteiger partial charge in [0.25, 0.3) is 0 Å². The molecule has 1 aliphatic rings. The number of allylic oxidation sites excluding steroid dienone is 6. The van der Waals surface area contributed by atoms with E-state index in [1.165, 1.54) is 199 Å². The van der Waals surface area contributed by atoms with Crippen LogP contribution in [0.5, 0.6) is 0 Å². The molecule has 1 saturated heterocycles. The first-order chi connectivity index (χ1) is 36.2. The van der Waals surface area contributed by atoms with Crippen LogP contribution in [0.1, 0.15) is 290 Å². The van der Waals surface area contributed by atoms with Crippen molar-refractivity contribution in [3.63, 3.8) is 0 Å². The van der Waals surface area contributed by atoms with Gasteiger partial charge in [0.05, 0.1) is 25.4 Å². The molecule has 8 N–H and O–H groups in total. The van der Waals surface area contributed by atoms with Gasteiger partial charge in [0, 0.05) is 0 Å². The van der Waals surface area contributed by atoms with Gasteiger partial charge in [0.1, 0.15) is 36.6 Å². The van der Waals surface area contributed by atoms with E-state index in [2.05, 4.69) is 55.6 Å². The van der Waals surface area contributed by atoms with Crippen molar-refractivity contribution in [1.82, 2.24) is 5.32 Å². The van der Waals surface area contributed by atoms with E-state index in [1.807, 2.05) is 0 Å². The van der Waals surface area contributed by atoms with Crippen LogP contribution >= 0.6 is 0 Å². The molecule has 0 saturated carbocycles. The quantitative estimate of drug-likeness (QED) is 0.0215. The Kier molecular flexibility index (Phi) is 49.5. The molecular weight excluding hydrogens is 931 g/mol. The van der Waals surface area contributed by atoms with E-state index in [9.17, 15) is 40.5 Å². The van der Waals surface area contributed by atoms with E-state index < -0.39 is 74.2 Å². The Balaban J connectivity index is 2.31. The Morgan fingerprint density at radius 1 is 0.459 bits per heavy atom. The molecule has 9 unspecified atom stereocenters. The molecule has 74 heavy (non-hydrogen) atoms. The Morgan fingerprint density at radius 2 is 0.811 bits per heavy atom. The predicted molar refractivity (Wildman–Crippen MR) is 307 cm³/mol. The van der Waals surface area contributed by atoms with Gasteiger partial charge in [-0.05, 0) is 64.2 Å². The molecule has 0 bridgehead atoms. The summed E-state index contributed by atoms with van der Waals surface area (Å²) in [5, 5.41) is 76.2. The van der Waals surface area contributed by atoms with Crippen LogP contribution in [0.15, 0.2) is 36.5 Å². The third kappa shape index (κ3) is 39.7. The lowest BCUT2D eigenvalue weighted by atomic mass is 9.98. The number of carbonyl (C=O) groups is 1. The van der Waals surface area contributed by atoms with Crippen molar-refractivity contribution in [2.24, 2.45) is 0 Å². The van der Waals surface area contributed by atoms with Gasteiger partial charge in [-0.3, -0.25) is 4.79 Å². The monoisotopic (exact) mass is 1050 g/mol. The van der Waals surface area contributed by atoms with Gasteiger partial charge in [0.15, 0.2) is 6.29 Å². The molecule has 0 aliphatic carbocycles. The second kappa shape index (κ2) is 52.1. The summed E-state index contributed by atoms with van der Waals surface area (Å²) in [6.07, 6.45) is 53.5. The minimum Gasteiger partial charge on any atom is -0.394 e. The highest BCUT2D eigenvalue weighted by atomic mass is 16.7. The third-order valence-corrected chi connectivity index (χ3v) is 15.2. The Labute approximate surface area is 454 Å². The Morgan fingerprint density at radius 3 is 1.20 bits per heavy atom. The lowest BCUT2D eigenvalue weighted by molar-refractivity contribution is -0.303. The first-order valence-corrected chi connectivity index (χ1v) is 31.4. The van der Waals surface area contributed by atoms with E-state index in [1.54, 1.807) is 0 Å². The lowest BCUT2D eigenvalue weighted by Gasteiger charge is -2.40. The van der Waals surface area contributed by atoms with Crippen LogP contribution in [0.4, 0.5) is 0 Å². The van der Waals surface area contributed by atoms with E-state index in [0.717, 1.165) is 44.9 Å². The first kappa shape index (κ1) is 70.3. The van der Waals surface area contributed by atoms with Crippen molar-refractivity contribution in [2.75, 3.05) is 13.2 Å². The zero-order valence-corrected chi connectivity index (χ0v) is 47.8. The lowest BCUT2D eigenvalue weighted by Crippen LogP contribution is -2.60. The molecule has 1 fully saturated rings. The molecule has 0 radical (unpaired) electrons. The average molecular weight is 1050 g/mol. The van der Waals surface area contributed by atoms with Gasteiger partial charge in [0.2, 0.25) is 5.91 Å². The number of hydrogen-bond donors (Lipinski definition) is 8. The van der Waals surface area contributed by atoms with Crippen molar-refractivity contribution in [1.29, 1.82) is 0 Å². The molecule has 0 aromatic rings. The molecule has 11 heteroatoms. The Hall–Kier alpha value is -1.67. The summed E-state index contributed by atoms with van der Waals surface area (Å²) in [6, 6.07) is -1.19. The summed E-state index contributed by atoms with van der Waals surface area (Å²) in [6.45, 7) is 3.47. The second-order valence-electron chi connectivity index (χ2n) is 22.1. The van der Waals surface area contributed by atoms with Crippen LogP contribution in [-0.2, 0) is 14.3 Å². The maximum atomic E-state index is 13.2. The first-order valence-electron chi connectivity index (χ1n) is 31.4. The van der Waals surface area contributed by atoms with Crippen molar-refractivity contribution < 1.29 is 50.0 Å². The number of rotatable bonds is 54. The molecule has 0 aromatic carbocycles. The van der Waals surface area contributed by atoms with Gasteiger partial charge in [-0.2, -0.15) is 0 Å². The third-order valence-electron chi connectivity index (χ3n) is 15.2. The van der Waals surface area contributed by atoms with E-state index in [4.69, 9.17) is 9.47 Å². The number of hydrogen-bond acceptors (Lipinski definition) is 10. The largest absolute Gasteiger partial charge is 0.394 e. The number of amides is 1. The molecule has 0 spiro atoms. The predicted octanol–water partition coefficient (Wildman–Crippen LogP) is 13.9. The molecule has 9 atom stereocenters. The fourth-order valence-corrected chi connectivity index (χ4v) is 10.1. The number of aliphatic hydroxyl groups excluding tert-OH is 7. The van der Waals surface area contributed by atoms with E-state index in [0.29, 0.717) is 19.3 Å². The molecule has 1 amide bonds. The standard InChI is InChI=1S/C63H119NO10/c1-3-5-7-9-11-13-15-17-19-21-23-25-26-27-28-29-30-31-33-34-36-38-40-42-44-46-48-50-55(66)58(68)54(53-73-63-61(71)60(70)59(69)57(52-65)74-63)64-62(72)56(67)51-49-47-45-43-41-39-37-35-32-24-22-20-18-16-14-12-10-8-6-4-2/h29-30,34,36,42,44,54-61,63,65-71H,3-28,31-33,35,37-41,43,45-53H2,1-2H3,(H,64,72)/b30-29+,36-34+,44-42+. The van der Waals surface area contributed by atoms with Crippen LogP contribution in [0.3, 0.4) is 0 Å². The molecule has 436 valence electrons. The molecule has 0 aromatic heterocycles. The highest BCUT2D eigenvalue weighted by molar-refractivity contribution is 5.80. The summed E-state index contributed by atoms with van der Waals surface area (Å²) in [5.41, 5.74) is 0. The van der Waals surface area contributed by atoms with Crippen molar-refractivity contribution >= 4 is 5.91 Å². The zero-order chi connectivity index (χ0) is 54.0. The number of carbonyl (C=O) groups excluding carboxylic acids is 1. The SMILES string of the molecule is CCCCCCCCCCCCCCCC/C=C/CC/C=C/CC/C=C/CCCC(O)C(O)C(COC1OC(CO)C(O)C(O)C1O)NC(=O)C(O)CCCCCCCCCCCCCCCCCCCCCC. The molecule has 1 aliphatic heterocycles. The van der Waals surface area contributed by atoms with Crippen molar-refractivity contribution in [2.45, 2.75) is 345 Å². The summed E-state index contributed by atoms with van der Waals surface area (Å²) in [7, 11) is 0. The summed E-state index contributed by atoms with van der Waals surface area (Å²) in [4.78, 5) is 13.2. The maximum Gasteiger partial charge on any atom is 0.249 e. The molecular formula is C63H119NO10. The van der Waals surface area contributed by atoms with Gasteiger partial charge in [-0.25, -0.2) is 0 Å². The number of unbranched alkanes of at least 4 members (excludes halogenated alkanes) is 36. The molecule has 11 nitrogen and oxygen atoms in total. The number of ether oxygens (including phenoxy) is 2. The highest BCUT2D eigenvalue weighted by Gasteiger charge is 2.44. The minimum absolute atomic E-state index is 0.243. The number of aliphatic hydroxyl groups is 7. The average Bonchev–Trinajstić information content (AvgIpc) is 3.40. The van der Waals surface area contributed by atoms with Crippen molar-refractivity contribution in [3.05, 3.63) is 36.5 Å². The fourth-order valence-electron chi connectivity index (χ4n) is 10.1. The van der Waals surface area contributed by atoms with Crippen LogP contribution < -0.4 is 5.32 Å². The van der Waals surface area contributed by atoms with Gasteiger partial charge in [-0.15, -0.1) is 0 Å². The minimum atomic E-state index is -1.67. The maximum absolute atomic E-state index is 13.2.